The van der Waals surface area contributed by atoms with Gasteiger partial charge in [-0.25, -0.2) is 17.6 Å². The zero-order valence-corrected chi connectivity index (χ0v) is 23.2. The van der Waals surface area contributed by atoms with Crippen molar-refractivity contribution in [2.24, 2.45) is 0 Å². The molecular weight excluding hydrogens is 577 g/mol. The van der Waals surface area contributed by atoms with Crippen LogP contribution in [0.25, 0.3) is 0 Å². The molecule has 36 heavy (non-hydrogen) atoms. The van der Waals surface area contributed by atoms with Crippen molar-refractivity contribution < 1.29 is 27.1 Å². The third-order valence-electron chi connectivity index (χ3n) is 6.26. The van der Waals surface area contributed by atoms with Crippen molar-refractivity contribution in [2.75, 3.05) is 26.2 Å². The lowest BCUT2D eigenvalue weighted by Gasteiger charge is -2.49. The van der Waals surface area contributed by atoms with Crippen LogP contribution in [0.4, 0.5) is 9.18 Å². The minimum Gasteiger partial charge on any atom is -0.444 e. The maximum absolute atomic E-state index is 15.0. The van der Waals surface area contributed by atoms with Gasteiger partial charge in [0.15, 0.2) is 9.84 Å². The molecule has 2 saturated heterocycles. The maximum atomic E-state index is 15.0. The van der Waals surface area contributed by atoms with Gasteiger partial charge in [0, 0.05) is 36.8 Å². The van der Waals surface area contributed by atoms with Crippen LogP contribution in [0.5, 0.6) is 0 Å². The lowest BCUT2D eigenvalue weighted by Crippen LogP contribution is -2.68. The van der Waals surface area contributed by atoms with E-state index in [9.17, 15) is 18.0 Å². The Morgan fingerprint density at radius 1 is 1.22 bits per heavy atom. The number of likely N-dealkylation sites (tertiary alicyclic amines) is 2. The van der Waals surface area contributed by atoms with E-state index in [0.717, 1.165) is 0 Å². The standard InChI is InChI=1S/C24H26BrClFN3O5S/c1-23(2,3)35-22(32)30-13-24(14-30,20-18(27)10-15(25)11-28-20)21(31)29-9-8-16(12-29)36(33,34)19-7-5-4-6-17(19)26/h4-7,10-11,16H,8-9,12-14H2,1-3H3. The molecule has 0 saturated carbocycles. The van der Waals surface area contributed by atoms with Gasteiger partial charge >= 0.3 is 6.09 Å². The largest absolute Gasteiger partial charge is 0.444 e. The van der Waals surface area contributed by atoms with Gasteiger partial charge in [-0.1, -0.05) is 23.7 Å². The molecule has 2 amide bonds. The zero-order valence-electron chi connectivity index (χ0n) is 20.0. The Bertz CT molecular complexity index is 1310. The van der Waals surface area contributed by atoms with Crippen molar-refractivity contribution in [3.63, 3.8) is 0 Å². The van der Waals surface area contributed by atoms with Crippen molar-refractivity contribution in [3.05, 3.63) is 57.5 Å². The van der Waals surface area contributed by atoms with E-state index in [1.165, 1.54) is 34.2 Å². The zero-order chi connectivity index (χ0) is 26.5. The second kappa shape index (κ2) is 9.57. The summed E-state index contributed by atoms with van der Waals surface area (Å²) in [7, 11) is -3.80. The van der Waals surface area contributed by atoms with Crippen LogP contribution < -0.4 is 0 Å². The Hall–Kier alpha value is -2.24. The Morgan fingerprint density at radius 3 is 2.50 bits per heavy atom. The summed E-state index contributed by atoms with van der Waals surface area (Å²) < 4.78 is 47.3. The van der Waals surface area contributed by atoms with Gasteiger partial charge in [-0.3, -0.25) is 9.78 Å². The summed E-state index contributed by atoms with van der Waals surface area (Å²) in [5, 5.41) is -0.741. The minimum atomic E-state index is -3.80. The molecule has 2 aromatic rings. The van der Waals surface area contributed by atoms with Crippen molar-refractivity contribution in [3.8, 4) is 0 Å². The topological polar surface area (TPSA) is 96.9 Å². The quantitative estimate of drug-likeness (QED) is 0.521. The lowest BCUT2D eigenvalue weighted by molar-refractivity contribution is -0.143. The first kappa shape index (κ1) is 26.8. The van der Waals surface area contributed by atoms with Gasteiger partial charge in [-0.15, -0.1) is 0 Å². The first-order valence-electron chi connectivity index (χ1n) is 11.3. The fraction of sp³-hybridized carbons (Fsp3) is 0.458. The molecule has 4 rings (SSSR count). The van der Waals surface area contributed by atoms with Crippen LogP contribution in [-0.4, -0.2) is 72.2 Å². The van der Waals surface area contributed by atoms with Crippen molar-refractivity contribution in [1.29, 1.82) is 0 Å². The predicted octanol–water partition coefficient (Wildman–Crippen LogP) is 4.20. The molecule has 194 valence electrons. The van der Waals surface area contributed by atoms with Crippen LogP contribution >= 0.6 is 27.5 Å². The van der Waals surface area contributed by atoms with E-state index >= 15 is 4.39 Å². The van der Waals surface area contributed by atoms with Gasteiger partial charge in [0.25, 0.3) is 0 Å². The molecule has 0 radical (unpaired) electrons. The van der Waals surface area contributed by atoms with Crippen molar-refractivity contribution >= 4 is 49.4 Å². The van der Waals surface area contributed by atoms with E-state index in [4.69, 9.17) is 16.3 Å². The van der Waals surface area contributed by atoms with Gasteiger partial charge in [0.1, 0.15) is 16.8 Å². The molecule has 0 aliphatic carbocycles. The number of pyridine rings is 1. The van der Waals surface area contributed by atoms with Gasteiger partial charge in [0.05, 0.1) is 20.9 Å². The van der Waals surface area contributed by atoms with Crippen LogP contribution in [-0.2, 0) is 24.8 Å². The highest BCUT2D eigenvalue weighted by molar-refractivity contribution is 9.10. The molecule has 2 aliphatic rings. The third-order valence-corrected chi connectivity index (χ3v) is 9.36. The molecule has 3 heterocycles. The van der Waals surface area contributed by atoms with E-state index in [-0.39, 0.29) is 48.2 Å². The monoisotopic (exact) mass is 601 g/mol. The first-order chi connectivity index (χ1) is 16.7. The van der Waals surface area contributed by atoms with Gasteiger partial charge in [-0.2, -0.15) is 0 Å². The molecule has 1 unspecified atom stereocenters. The molecule has 0 spiro atoms. The molecule has 0 N–H and O–H groups in total. The Labute approximate surface area is 222 Å². The third kappa shape index (κ3) is 4.97. The lowest BCUT2D eigenvalue weighted by atomic mass is 9.75. The summed E-state index contributed by atoms with van der Waals surface area (Å²) in [6.45, 7) is 5.00. The van der Waals surface area contributed by atoms with E-state index < -0.39 is 43.9 Å². The molecule has 1 aromatic carbocycles. The highest BCUT2D eigenvalue weighted by Gasteiger charge is 2.58. The number of aromatic nitrogens is 1. The number of amides is 2. The number of hydrogen-bond donors (Lipinski definition) is 0. The Balaban J connectivity index is 1.60. The molecule has 8 nitrogen and oxygen atoms in total. The Morgan fingerprint density at radius 2 is 1.89 bits per heavy atom. The van der Waals surface area contributed by atoms with Crippen LogP contribution in [0.2, 0.25) is 5.02 Å². The van der Waals surface area contributed by atoms with Crippen molar-refractivity contribution in [1.82, 2.24) is 14.8 Å². The number of ether oxygens (including phenoxy) is 1. The second-order valence-corrected chi connectivity index (χ2v) is 13.6. The van der Waals surface area contributed by atoms with Crippen LogP contribution in [0.1, 0.15) is 32.9 Å². The highest BCUT2D eigenvalue weighted by atomic mass is 79.9. The molecule has 12 heteroatoms. The summed E-state index contributed by atoms with van der Waals surface area (Å²) in [6, 6.07) is 7.38. The van der Waals surface area contributed by atoms with Crippen LogP contribution in [0.15, 0.2) is 45.9 Å². The SMILES string of the molecule is CC(C)(C)OC(=O)N1CC(C(=O)N2CCC(S(=O)(=O)c3ccccc3Cl)C2)(c2ncc(Br)cc2F)C1. The number of hydrogen-bond acceptors (Lipinski definition) is 6. The molecule has 2 aliphatic heterocycles. The first-order valence-corrected chi connectivity index (χ1v) is 14.0. The molecular formula is C24H26BrClFN3O5S. The molecule has 1 aromatic heterocycles. The summed E-state index contributed by atoms with van der Waals surface area (Å²) in [5.41, 5.74) is -2.28. The van der Waals surface area contributed by atoms with E-state index in [2.05, 4.69) is 20.9 Å². The van der Waals surface area contributed by atoms with E-state index in [0.29, 0.717) is 4.47 Å². The number of rotatable bonds is 4. The van der Waals surface area contributed by atoms with E-state index in [1.54, 1.807) is 32.9 Å². The predicted molar refractivity (Wildman–Crippen MR) is 135 cm³/mol. The van der Waals surface area contributed by atoms with Gasteiger partial charge in [-0.05, 0) is 61.3 Å². The normalized spacial score (nSPS) is 19.7. The number of sulfone groups is 1. The molecule has 2 fully saturated rings. The summed E-state index contributed by atoms with van der Waals surface area (Å²) in [6.07, 6.45) is 0.976. The number of halogens is 3. The average Bonchev–Trinajstić information content (AvgIpc) is 3.24. The van der Waals surface area contributed by atoms with E-state index in [1.807, 2.05) is 0 Å². The van der Waals surface area contributed by atoms with Crippen LogP contribution in [0, 0.1) is 5.82 Å². The van der Waals surface area contributed by atoms with Crippen LogP contribution in [0.3, 0.4) is 0 Å². The van der Waals surface area contributed by atoms with Gasteiger partial charge < -0.3 is 14.5 Å². The van der Waals surface area contributed by atoms with Crippen molar-refractivity contribution in [2.45, 2.75) is 48.4 Å². The smallest absolute Gasteiger partial charge is 0.410 e. The second-order valence-electron chi connectivity index (χ2n) is 10.0. The fourth-order valence-electron chi connectivity index (χ4n) is 4.54. The summed E-state index contributed by atoms with van der Waals surface area (Å²) in [5.74, 6) is -1.17. The number of nitrogens with zero attached hydrogens (tertiary/aromatic N) is 3. The molecule has 0 bridgehead atoms. The maximum Gasteiger partial charge on any atom is 0.410 e. The average molecular weight is 603 g/mol. The highest BCUT2D eigenvalue weighted by Crippen LogP contribution is 2.40. The Kier molecular flexibility index (Phi) is 7.13. The molecule has 1 atom stereocenters. The number of benzene rings is 1. The number of carbonyl (C=O) groups excluding carboxylic acids is 2. The fourth-order valence-corrected chi connectivity index (χ4v) is 7.06. The summed E-state index contributed by atoms with van der Waals surface area (Å²) >= 11 is 9.30. The minimum absolute atomic E-state index is 0.0149. The summed E-state index contributed by atoms with van der Waals surface area (Å²) in [4.78, 5) is 33.3. The van der Waals surface area contributed by atoms with Gasteiger partial charge in [0.2, 0.25) is 5.91 Å². The number of carbonyl (C=O) groups is 2.